The predicted molar refractivity (Wildman–Crippen MR) is 67.9 cm³/mol. The molecule has 0 aliphatic rings. The van der Waals surface area contributed by atoms with Crippen molar-refractivity contribution in [3.8, 4) is 11.5 Å². The Morgan fingerprint density at radius 3 is 2.58 bits per heavy atom. The molecule has 0 fully saturated rings. The quantitative estimate of drug-likeness (QED) is 0.627. The maximum Gasteiger partial charge on any atom is 0.310 e. The molecule has 0 radical (unpaired) electrons. The van der Waals surface area contributed by atoms with Crippen LogP contribution in [-0.4, -0.2) is 47.7 Å². The van der Waals surface area contributed by atoms with E-state index >= 15 is 0 Å². The molecule has 19 heavy (non-hydrogen) atoms. The molecule has 6 nitrogen and oxygen atoms in total. The van der Waals surface area contributed by atoms with Crippen LogP contribution in [0.1, 0.15) is 17.3 Å². The van der Waals surface area contributed by atoms with E-state index < -0.39 is 17.8 Å². The third kappa shape index (κ3) is 3.61. The Balaban J connectivity index is 2.82. The molecule has 0 spiro atoms. The number of phenols is 2. The van der Waals surface area contributed by atoms with Gasteiger partial charge in [-0.3, -0.25) is 9.59 Å². The maximum absolute atomic E-state index is 12.1. The number of esters is 1. The highest BCUT2D eigenvalue weighted by Gasteiger charge is 2.21. The number of carbonyl (C=O) groups excluding carboxylic acids is 2. The van der Waals surface area contributed by atoms with Gasteiger partial charge in [-0.1, -0.05) is 6.92 Å². The predicted octanol–water partition coefficient (Wildman–Crippen LogP) is 0.979. The fourth-order valence-electron chi connectivity index (χ4n) is 1.67. The van der Waals surface area contributed by atoms with Gasteiger partial charge in [-0.15, -0.1) is 0 Å². The number of nitrogens with zero attached hydrogens (tertiary/aromatic N) is 1. The maximum atomic E-state index is 12.1. The van der Waals surface area contributed by atoms with Crippen molar-refractivity contribution >= 4 is 11.9 Å². The molecule has 1 atom stereocenters. The van der Waals surface area contributed by atoms with Gasteiger partial charge in [0.1, 0.15) is 11.5 Å². The second-order valence-corrected chi connectivity index (χ2v) is 4.31. The van der Waals surface area contributed by atoms with Gasteiger partial charge in [-0.05, 0) is 18.2 Å². The van der Waals surface area contributed by atoms with Gasteiger partial charge in [0.25, 0.3) is 5.91 Å². The van der Waals surface area contributed by atoms with Crippen LogP contribution in [0.25, 0.3) is 0 Å². The largest absolute Gasteiger partial charge is 0.508 e. The van der Waals surface area contributed by atoms with Gasteiger partial charge >= 0.3 is 5.97 Å². The zero-order valence-corrected chi connectivity index (χ0v) is 11.1. The number of benzene rings is 1. The minimum atomic E-state index is -0.482. The number of amides is 1. The number of phenolic OH excluding ortho intramolecular Hbond substituents is 2. The molecule has 6 heteroatoms. The van der Waals surface area contributed by atoms with Crippen molar-refractivity contribution in [2.45, 2.75) is 6.92 Å². The van der Waals surface area contributed by atoms with Crippen molar-refractivity contribution in [3.63, 3.8) is 0 Å². The summed E-state index contributed by atoms with van der Waals surface area (Å²) in [6.07, 6.45) is 0. The normalized spacial score (nSPS) is 11.7. The van der Waals surface area contributed by atoms with E-state index in [1.54, 1.807) is 6.92 Å². The average Bonchev–Trinajstić information content (AvgIpc) is 2.39. The minimum Gasteiger partial charge on any atom is -0.508 e. The Kier molecular flexibility index (Phi) is 4.74. The third-order valence-corrected chi connectivity index (χ3v) is 2.71. The summed E-state index contributed by atoms with van der Waals surface area (Å²) in [4.78, 5) is 24.6. The molecule has 0 saturated carbocycles. The number of ether oxygens (including phenoxy) is 1. The van der Waals surface area contributed by atoms with Crippen molar-refractivity contribution in [3.05, 3.63) is 23.8 Å². The van der Waals surface area contributed by atoms with Gasteiger partial charge in [0, 0.05) is 13.6 Å². The van der Waals surface area contributed by atoms with Crippen LogP contribution in [0.5, 0.6) is 11.5 Å². The Morgan fingerprint density at radius 2 is 2.00 bits per heavy atom. The molecule has 1 rings (SSSR count). The second kappa shape index (κ2) is 6.08. The van der Waals surface area contributed by atoms with E-state index in [4.69, 9.17) is 0 Å². The molecule has 0 heterocycles. The van der Waals surface area contributed by atoms with Crippen molar-refractivity contribution in [1.29, 1.82) is 0 Å². The first-order valence-electron chi connectivity index (χ1n) is 5.72. The van der Waals surface area contributed by atoms with Crippen LogP contribution >= 0.6 is 0 Å². The van der Waals surface area contributed by atoms with E-state index in [0.717, 1.165) is 0 Å². The molecule has 1 aromatic carbocycles. The van der Waals surface area contributed by atoms with E-state index in [1.165, 1.54) is 37.3 Å². The van der Waals surface area contributed by atoms with E-state index in [0.29, 0.717) is 0 Å². The van der Waals surface area contributed by atoms with Gasteiger partial charge in [0.15, 0.2) is 0 Å². The van der Waals surface area contributed by atoms with Gasteiger partial charge in [0.05, 0.1) is 18.6 Å². The molecule has 0 aliphatic heterocycles. The van der Waals surface area contributed by atoms with Crippen LogP contribution < -0.4 is 0 Å². The van der Waals surface area contributed by atoms with E-state index in [-0.39, 0.29) is 23.6 Å². The lowest BCUT2D eigenvalue weighted by Crippen LogP contribution is -2.34. The van der Waals surface area contributed by atoms with Crippen molar-refractivity contribution in [1.82, 2.24) is 4.90 Å². The summed E-state index contributed by atoms with van der Waals surface area (Å²) in [7, 11) is 2.78. The lowest BCUT2D eigenvalue weighted by molar-refractivity contribution is -0.145. The van der Waals surface area contributed by atoms with E-state index in [1.807, 2.05) is 0 Å². The molecule has 0 aliphatic carbocycles. The van der Waals surface area contributed by atoms with Crippen LogP contribution in [0.15, 0.2) is 18.2 Å². The molecule has 0 bridgehead atoms. The van der Waals surface area contributed by atoms with Crippen LogP contribution in [-0.2, 0) is 9.53 Å². The number of methoxy groups -OCH3 is 1. The molecular formula is C13H17NO5. The Hall–Kier alpha value is -2.24. The van der Waals surface area contributed by atoms with Crippen LogP contribution in [0.4, 0.5) is 0 Å². The van der Waals surface area contributed by atoms with Gasteiger partial charge in [-0.25, -0.2) is 0 Å². The zero-order chi connectivity index (χ0) is 14.6. The first kappa shape index (κ1) is 14.8. The summed E-state index contributed by atoms with van der Waals surface area (Å²) in [6.45, 7) is 1.79. The Labute approximate surface area is 111 Å². The fraction of sp³-hybridized carbons (Fsp3) is 0.385. The van der Waals surface area contributed by atoms with Crippen molar-refractivity contribution < 1.29 is 24.5 Å². The molecule has 0 saturated heterocycles. The molecular weight excluding hydrogens is 250 g/mol. The smallest absolute Gasteiger partial charge is 0.310 e. The van der Waals surface area contributed by atoms with E-state index in [2.05, 4.69) is 4.74 Å². The fourth-order valence-corrected chi connectivity index (χ4v) is 1.67. The summed E-state index contributed by atoms with van der Waals surface area (Å²) >= 11 is 0. The highest BCUT2D eigenvalue weighted by Crippen LogP contribution is 2.23. The van der Waals surface area contributed by atoms with Crippen LogP contribution in [0, 0.1) is 5.92 Å². The van der Waals surface area contributed by atoms with Crippen molar-refractivity contribution in [2.75, 3.05) is 20.7 Å². The summed E-state index contributed by atoms with van der Waals surface area (Å²) < 4.78 is 4.57. The molecule has 1 unspecified atom stereocenters. The standard InChI is InChI=1S/C13H17NO5/c1-8(13(18)19-3)7-14(2)12(17)10-6-9(15)4-5-11(10)16/h4-6,8,15-16H,7H2,1-3H3. The number of aromatic hydroxyl groups is 2. The first-order chi connectivity index (χ1) is 8.86. The lowest BCUT2D eigenvalue weighted by Gasteiger charge is -2.20. The van der Waals surface area contributed by atoms with Crippen LogP contribution in [0.3, 0.4) is 0 Å². The number of hydrogen-bond acceptors (Lipinski definition) is 5. The highest BCUT2D eigenvalue weighted by atomic mass is 16.5. The van der Waals surface area contributed by atoms with Crippen LogP contribution in [0.2, 0.25) is 0 Å². The average molecular weight is 267 g/mol. The van der Waals surface area contributed by atoms with Gasteiger partial charge < -0.3 is 19.8 Å². The lowest BCUT2D eigenvalue weighted by atomic mass is 10.1. The monoisotopic (exact) mass is 267 g/mol. The summed E-state index contributed by atoms with van der Waals surface area (Å²) in [5.74, 6) is -1.71. The Morgan fingerprint density at radius 1 is 1.37 bits per heavy atom. The number of rotatable bonds is 4. The zero-order valence-electron chi connectivity index (χ0n) is 11.1. The van der Waals surface area contributed by atoms with Crippen molar-refractivity contribution in [2.24, 2.45) is 5.92 Å². The second-order valence-electron chi connectivity index (χ2n) is 4.31. The summed E-state index contributed by atoms with van der Waals surface area (Å²) in [6, 6.07) is 3.69. The molecule has 1 aromatic rings. The topological polar surface area (TPSA) is 87.1 Å². The first-order valence-corrected chi connectivity index (χ1v) is 5.72. The molecule has 2 N–H and O–H groups in total. The van der Waals surface area contributed by atoms with Gasteiger partial charge in [-0.2, -0.15) is 0 Å². The SMILES string of the molecule is COC(=O)C(C)CN(C)C(=O)c1cc(O)ccc1O. The van der Waals surface area contributed by atoms with Gasteiger partial charge in [0.2, 0.25) is 0 Å². The summed E-state index contributed by atoms with van der Waals surface area (Å²) in [5.41, 5.74) is -0.0143. The number of carbonyl (C=O) groups is 2. The molecule has 1 amide bonds. The van der Waals surface area contributed by atoms with E-state index in [9.17, 15) is 19.8 Å². The summed E-state index contributed by atoms with van der Waals surface area (Å²) in [5, 5.41) is 18.9. The number of hydrogen-bond donors (Lipinski definition) is 2. The highest BCUT2D eigenvalue weighted by molar-refractivity contribution is 5.97. The third-order valence-electron chi connectivity index (χ3n) is 2.71. The molecule has 0 aromatic heterocycles. The Bertz CT molecular complexity index is 486. The molecule has 104 valence electrons. The minimum absolute atomic E-state index is 0.0143.